The van der Waals surface area contributed by atoms with E-state index in [-0.39, 0.29) is 23.9 Å². The molecule has 150 valence electrons. The second-order valence-corrected chi connectivity index (χ2v) is 8.28. The third-order valence-corrected chi connectivity index (χ3v) is 6.34. The van der Waals surface area contributed by atoms with E-state index >= 15 is 0 Å². The fourth-order valence-corrected chi connectivity index (χ4v) is 4.40. The molecule has 1 aromatic heterocycles. The van der Waals surface area contributed by atoms with Gasteiger partial charge in [-0.05, 0) is 30.7 Å². The number of benzene rings is 1. The van der Waals surface area contributed by atoms with Crippen LogP contribution in [0.5, 0.6) is 0 Å². The van der Waals surface area contributed by atoms with Crippen LogP contribution in [0.2, 0.25) is 0 Å². The highest BCUT2D eigenvalue weighted by atomic mass is 32.2. The lowest BCUT2D eigenvalue weighted by atomic mass is 10.2. The minimum Gasteiger partial charge on any atom is -0.354 e. The Morgan fingerprint density at radius 2 is 1.82 bits per heavy atom. The van der Waals surface area contributed by atoms with Gasteiger partial charge in [0.15, 0.2) is 0 Å². The fraction of sp³-hybridized carbons (Fsp3) is 0.389. The first-order valence-electron chi connectivity index (χ1n) is 9.01. The third-order valence-electron chi connectivity index (χ3n) is 4.44. The monoisotopic (exact) mass is 407 g/mol. The van der Waals surface area contributed by atoms with Gasteiger partial charge >= 0.3 is 0 Å². The van der Waals surface area contributed by atoms with E-state index in [0.29, 0.717) is 38.4 Å². The van der Waals surface area contributed by atoms with Gasteiger partial charge in [0, 0.05) is 51.5 Å². The van der Waals surface area contributed by atoms with E-state index in [1.807, 2.05) is 0 Å². The number of carbonyl (C=O) groups excluding carboxylic acids is 1. The third kappa shape index (κ3) is 5.02. The molecule has 0 aliphatic carbocycles. The maximum absolute atomic E-state index is 13.3. The summed E-state index contributed by atoms with van der Waals surface area (Å²) in [6, 6.07) is 6.68. The van der Waals surface area contributed by atoms with Crippen LogP contribution in [-0.2, 0) is 14.8 Å². The number of carbonyl (C=O) groups is 1. The maximum Gasteiger partial charge on any atom is 0.243 e. The van der Waals surface area contributed by atoms with Crippen molar-refractivity contribution in [3.05, 3.63) is 48.5 Å². The smallest absolute Gasteiger partial charge is 0.243 e. The van der Waals surface area contributed by atoms with Crippen molar-refractivity contribution in [3.63, 3.8) is 0 Å². The lowest BCUT2D eigenvalue weighted by Crippen LogP contribution is -2.50. The molecule has 0 radical (unpaired) electrons. The zero-order valence-electron chi connectivity index (χ0n) is 15.3. The largest absolute Gasteiger partial charge is 0.354 e. The van der Waals surface area contributed by atoms with Crippen LogP contribution in [0.15, 0.2) is 47.6 Å². The molecule has 2 heterocycles. The number of piperazine rings is 1. The molecule has 1 amide bonds. The minimum atomic E-state index is -3.75. The van der Waals surface area contributed by atoms with Crippen LogP contribution < -0.4 is 5.32 Å². The highest BCUT2D eigenvalue weighted by molar-refractivity contribution is 7.89. The zero-order valence-corrected chi connectivity index (χ0v) is 16.1. The summed E-state index contributed by atoms with van der Waals surface area (Å²) in [5.74, 6) is -0.0888. The molecular weight excluding hydrogens is 385 g/mol. The first kappa shape index (κ1) is 20.2. The molecule has 0 atom stereocenters. The van der Waals surface area contributed by atoms with Gasteiger partial charge in [-0.15, -0.1) is 0 Å². The van der Waals surface area contributed by atoms with Crippen molar-refractivity contribution in [2.24, 2.45) is 0 Å². The van der Waals surface area contributed by atoms with Gasteiger partial charge in [-0.2, -0.15) is 4.31 Å². The Morgan fingerprint density at radius 1 is 1.11 bits per heavy atom. The van der Waals surface area contributed by atoms with Crippen molar-refractivity contribution in [2.75, 3.05) is 38.0 Å². The molecule has 1 aliphatic heterocycles. The molecule has 1 fully saturated rings. The highest BCUT2D eigenvalue weighted by Crippen LogP contribution is 2.18. The molecule has 1 aliphatic rings. The van der Waals surface area contributed by atoms with Gasteiger partial charge in [-0.25, -0.2) is 22.8 Å². The molecule has 10 heteroatoms. The second kappa shape index (κ2) is 9.07. The molecule has 0 unspecified atom stereocenters. The Kier molecular flexibility index (Phi) is 6.53. The average molecular weight is 407 g/mol. The summed E-state index contributed by atoms with van der Waals surface area (Å²) in [5, 5.41) is 3.04. The number of nitrogens with one attached hydrogen (secondary N) is 1. The molecule has 0 saturated carbocycles. The van der Waals surface area contributed by atoms with Gasteiger partial charge in [0.1, 0.15) is 5.82 Å². The van der Waals surface area contributed by atoms with E-state index in [0.717, 1.165) is 6.07 Å². The lowest BCUT2D eigenvalue weighted by molar-refractivity contribution is -0.132. The first-order chi connectivity index (χ1) is 13.5. The average Bonchev–Trinajstić information content (AvgIpc) is 2.72. The van der Waals surface area contributed by atoms with E-state index in [1.165, 1.54) is 22.5 Å². The van der Waals surface area contributed by atoms with Crippen LogP contribution >= 0.6 is 0 Å². The van der Waals surface area contributed by atoms with Gasteiger partial charge < -0.3 is 10.2 Å². The number of hydrogen-bond acceptors (Lipinski definition) is 6. The quantitative estimate of drug-likeness (QED) is 0.696. The molecule has 28 heavy (non-hydrogen) atoms. The van der Waals surface area contributed by atoms with E-state index in [1.54, 1.807) is 23.4 Å². The number of sulfonamides is 1. The Bertz CT molecular complexity index is 902. The summed E-state index contributed by atoms with van der Waals surface area (Å²) in [6.07, 6.45) is 4.26. The van der Waals surface area contributed by atoms with Crippen molar-refractivity contribution in [1.82, 2.24) is 19.2 Å². The van der Waals surface area contributed by atoms with Gasteiger partial charge in [-0.3, -0.25) is 4.79 Å². The molecule has 2 aromatic rings. The molecule has 8 nitrogen and oxygen atoms in total. The topological polar surface area (TPSA) is 95.5 Å². The fourth-order valence-electron chi connectivity index (χ4n) is 2.94. The predicted molar refractivity (Wildman–Crippen MR) is 101 cm³/mol. The second-order valence-electron chi connectivity index (χ2n) is 6.34. The molecule has 1 N–H and O–H groups in total. The number of hydrogen-bond donors (Lipinski definition) is 1. The number of amides is 1. The van der Waals surface area contributed by atoms with Gasteiger partial charge in [0.25, 0.3) is 0 Å². The van der Waals surface area contributed by atoms with Crippen LogP contribution in [0, 0.1) is 5.82 Å². The van der Waals surface area contributed by atoms with Gasteiger partial charge in [-0.1, -0.05) is 6.07 Å². The van der Waals surface area contributed by atoms with Crippen molar-refractivity contribution in [2.45, 2.75) is 17.7 Å². The molecule has 3 rings (SSSR count). The van der Waals surface area contributed by atoms with Crippen LogP contribution in [0.4, 0.5) is 10.3 Å². The molecule has 0 spiro atoms. The molecule has 0 bridgehead atoms. The highest BCUT2D eigenvalue weighted by Gasteiger charge is 2.30. The van der Waals surface area contributed by atoms with E-state index in [9.17, 15) is 17.6 Å². The van der Waals surface area contributed by atoms with Crippen LogP contribution in [0.3, 0.4) is 0 Å². The summed E-state index contributed by atoms with van der Waals surface area (Å²) in [5.41, 5.74) is 0. The van der Waals surface area contributed by atoms with Crippen LogP contribution in [-0.4, -0.2) is 66.2 Å². The molecule has 1 aromatic carbocycles. The van der Waals surface area contributed by atoms with Gasteiger partial charge in [0.2, 0.25) is 21.9 Å². The Hall–Kier alpha value is -2.59. The van der Waals surface area contributed by atoms with E-state index in [2.05, 4.69) is 15.3 Å². The van der Waals surface area contributed by atoms with Crippen LogP contribution in [0.1, 0.15) is 12.8 Å². The summed E-state index contributed by atoms with van der Waals surface area (Å²) in [7, 11) is -3.75. The molecule has 1 saturated heterocycles. The normalized spacial score (nSPS) is 15.4. The number of anilines is 1. The minimum absolute atomic E-state index is 0.0152. The van der Waals surface area contributed by atoms with Crippen molar-refractivity contribution < 1.29 is 17.6 Å². The summed E-state index contributed by atoms with van der Waals surface area (Å²) in [4.78, 5) is 22.0. The number of halogens is 1. The zero-order chi connectivity index (χ0) is 20.0. The number of rotatable bonds is 7. The van der Waals surface area contributed by atoms with E-state index in [4.69, 9.17) is 0 Å². The summed E-state index contributed by atoms with van der Waals surface area (Å²) in [6.45, 7) is 1.61. The Balaban J connectivity index is 1.45. The standard InChI is InChI=1S/C18H22FN5O3S/c19-15-4-1-5-16(14-15)28(26,27)24-12-10-23(11-13-24)17(25)6-2-7-20-18-21-8-3-9-22-18/h1,3-5,8-9,14H,2,6-7,10-13H2,(H,20,21,22). The van der Waals surface area contributed by atoms with Crippen molar-refractivity contribution in [1.29, 1.82) is 0 Å². The Morgan fingerprint density at radius 3 is 2.50 bits per heavy atom. The van der Waals surface area contributed by atoms with Crippen molar-refractivity contribution in [3.8, 4) is 0 Å². The maximum atomic E-state index is 13.3. The summed E-state index contributed by atoms with van der Waals surface area (Å²) < 4.78 is 39.8. The molecular formula is C18H22FN5O3S. The summed E-state index contributed by atoms with van der Waals surface area (Å²) >= 11 is 0. The van der Waals surface area contributed by atoms with Gasteiger partial charge in [0.05, 0.1) is 4.90 Å². The van der Waals surface area contributed by atoms with Crippen molar-refractivity contribution >= 4 is 21.9 Å². The lowest BCUT2D eigenvalue weighted by Gasteiger charge is -2.34. The van der Waals surface area contributed by atoms with E-state index < -0.39 is 15.8 Å². The van der Waals surface area contributed by atoms with Crippen LogP contribution in [0.25, 0.3) is 0 Å². The number of nitrogens with zero attached hydrogens (tertiary/aromatic N) is 4. The Labute approximate surface area is 163 Å². The number of aromatic nitrogens is 2. The SMILES string of the molecule is O=C(CCCNc1ncccn1)N1CCN(S(=O)(=O)c2cccc(F)c2)CC1. The predicted octanol–water partition coefficient (Wildman–Crippen LogP) is 1.34. The first-order valence-corrected chi connectivity index (χ1v) is 10.5.